The van der Waals surface area contributed by atoms with Gasteiger partial charge in [-0.2, -0.15) is 18.3 Å². The van der Waals surface area contributed by atoms with Gasteiger partial charge in [0.15, 0.2) is 0 Å². The van der Waals surface area contributed by atoms with Gasteiger partial charge in [-0.05, 0) is 33.6 Å². The number of carbonyl (C=O) groups is 2. The van der Waals surface area contributed by atoms with Crippen molar-refractivity contribution in [1.82, 2.24) is 14.7 Å². The Labute approximate surface area is 143 Å². The molecule has 2 rings (SSSR count). The van der Waals surface area contributed by atoms with E-state index in [9.17, 15) is 22.8 Å². The highest BCUT2D eigenvalue weighted by molar-refractivity contribution is 5.85. The first-order valence-electron chi connectivity index (χ1n) is 8.14. The molecule has 0 spiro atoms. The number of hydrogen-bond acceptors (Lipinski definition) is 3. The zero-order valence-electron chi connectivity index (χ0n) is 14.4. The number of carbonyl (C=O) groups excluding carboxylic acids is 1. The van der Waals surface area contributed by atoms with Gasteiger partial charge in [0.05, 0.1) is 18.0 Å². The van der Waals surface area contributed by atoms with Gasteiger partial charge >= 0.3 is 12.1 Å². The van der Waals surface area contributed by atoms with Crippen LogP contribution in [0.5, 0.6) is 0 Å². The van der Waals surface area contributed by atoms with Crippen LogP contribution in [0.25, 0.3) is 0 Å². The normalized spacial score (nSPS) is 19.3. The molecular weight excluding hydrogens is 339 g/mol. The van der Waals surface area contributed by atoms with Crippen LogP contribution >= 0.6 is 0 Å². The third-order valence-electron chi connectivity index (χ3n) is 4.64. The number of carboxylic acid groups (broad SMARTS) is 1. The van der Waals surface area contributed by atoms with Gasteiger partial charge in [0.25, 0.3) is 0 Å². The fourth-order valence-corrected chi connectivity index (χ4v) is 3.57. The van der Waals surface area contributed by atoms with Gasteiger partial charge in [0.2, 0.25) is 5.91 Å². The molecule has 1 N–H and O–H groups in total. The minimum Gasteiger partial charge on any atom is -0.481 e. The number of hydrogen-bond donors (Lipinski definition) is 1. The van der Waals surface area contributed by atoms with E-state index in [4.69, 9.17) is 5.11 Å². The molecule has 1 amide bonds. The smallest absolute Gasteiger partial charge is 0.408 e. The highest BCUT2D eigenvalue weighted by Gasteiger charge is 2.36. The second-order valence-electron chi connectivity index (χ2n) is 6.50. The average molecular weight is 361 g/mol. The first-order chi connectivity index (χ1) is 11.5. The van der Waals surface area contributed by atoms with E-state index in [0.717, 1.165) is 11.1 Å². The van der Waals surface area contributed by atoms with E-state index in [1.807, 2.05) is 0 Å². The molecule has 2 heterocycles. The Hall–Kier alpha value is -2.06. The van der Waals surface area contributed by atoms with Crippen molar-refractivity contribution in [3.05, 3.63) is 17.0 Å². The van der Waals surface area contributed by atoms with E-state index >= 15 is 0 Å². The molecule has 1 aromatic heterocycles. The van der Waals surface area contributed by atoms with Gasteiger partial charge in [-0.25, -0.2) is 0 Å². The lowest BCUT2D eigenvalue weighted by Gasteiger charge is -2.27. The molecule has 2 unspecified atom stereocenters. The zero-order valence-corrected chi connectivity index (χ0v) is 14.4. The maximum Gasteiger partial charge on any atom is 0.408 e. The molecular formula is C16H22F3N3O3. The molecule has 0 radical (unpaired) electrons. The number of aromatic nitrogens is 2. The van der Waals surface area contributed by atoms with Gasteiger partial charge in [-0.1, -0.05) is 0 Å². The van der Waals surface area contributed by atoms with Crippen molar-refractivity contribution in [2.75, 3.05) is 6.54 Å². The maximum absolute atomic E-state index is 12.8. The summed E-state index contributed by atoms with van der Waals surface area (Å²) in [6.07, 6.45) is -3.17. The van der Waals surface area contributed by atoms with E-state index in [2.05, 4.69) is 5.10 Å². The molecule has 1 aliphatic heterocycles. The van der Waals surface area contributed by atoms with Gasteiger partial charge in [0, 0.05) is 23.8 Å². The molecule has 140 valence electrons. The van der Waals surface area contributed by atoms with E-state index in [0.29, 0.717) is 29.9 Å². The second-order valence-corrected chi connectivity index (χ2v) is 6.50. The van der Waals surface area contributed by atoms with Crippen molar-refractivity contribution in [3.8, 4) is 0 Å². The van der Waals surface area contributed by atoms with Crippen molar-refractivity contribution in [3.63, 3.8) is 0 Å². The molecule has 6 nitrogen and oxygen atoms in total. The second kappa shape index (κ2) is 7.05. The molecule has 1 aromatic rings. The molecule has 9 heteroatoms. The fourth-order valence-electron chi connectivity index (χ4n) is 3.57. The monoisotopic (exact) mass is 361 g/mol. The first-order valence-corrected chi connectivity index (χ1v) is 8.14. The van der Waals surface area contributed by atoms with Gasteiger partial charge in [-0.3, -0.25) is 14.3 Å². The van der Waals surface area contributed by atoms with Crippen LogP contribution in [0.3, 0.4) is 0 Å². The molecule has 0 bridgehead atoms. The summed E-state index contributed by atoms with van der Waals surface area (Å²) in [5.74, 6) is -1.90. The van der Waals surface area contributed by atoms with Crippen molar-refractivity contribution in [2.45, 2.75) is 64.7 Å². The van der Waals surface area contributed by atoms with Crippen LogP contribution in [-0.4, -0.2) is 50.4 Å². The summed E-state index contributed by atoms with van der Waals surface area (Å²) in [6, 6.07) is -0.363. The topological polar surface area (TPSA) is 75.4 Å². The molecule has 1 fully saturated rings. The van der Waals surface area contributed by atoms with E-state index in [1.165, 1.54) is 6.92 Å². The number of aryl methyl sites for hydroxylation is 1. The Balaban J connectivity index is 2.23. The van der Waals surface area contributed by atoms with Crippen molar-refractivity contribution >= 4 is 11.9 Å². The van der Waals surface area contributed by atoms with Crippen LogP contribution in [0, 0.1) is 13.8 Å². The molecule has 1 aliphatic rings. The average Bonchev–Trinajstić information content (AvgIpc) is 3.01. The van der Waals surface area contributed by atoms with Crippen LogP contribution in [0.2, 0.25) is 0 Å². The van der Waals surface area contributed by atoms with Gasteiger partial charge < -0.3 is 10.0 Å². The van der Waals surface area contributed by atoms with Crippen LogP contribution in [0.1, 0.15) is 49.1 Å². The minimum atomic E-state index is -4.39. The summed E-state index contributed by atoms with van der Waals surface area (Å²) < 4.78 is 38.8. The van der Waals surface area contributed by atoms with Crippen molar-refractivity contribution in [1.29, 1.82) is 0 Å². The summed E-state index contributed by atoms with van der Waals surface area (Å²) >= 11 is 0. The number of nitrogens with zero attached hydrogens (tertiary/aromatic N) is 3. The van der Waals surface area contributed by atoms with E-state index < -0.39 is 24.6 Å². The fraction of sp³-hybridized carbons (Fsp3) is 0.688. The van der Waals surface area contributed by atoms with Crippen molar-refractivity contribution in [2.24, 2.45) is 0 Å². The van der Waals surface area contributed by atoms with Crippen LogP contribution in [0.4, 0.5) is 13.2 Å². The molecule has 0 aliphatic carbocycles. The number of carboxylic acids is 1. The summed E-state index contributed by atoms with van der Waals surface area (Å²) in [6.45, 7) is 4.00. The van der Waals surface area contributed by atoms with Gasteiger partial charge in [0.1, 0.15) is 6.54 Å². The highest BCUT2D eigenvalue weighted by atomic mass is 19.4. The lowest BCUT2D eigenvalue weighted by atomic mass is 9.97. The maximum atomic E-state index is 12.8. The molecule has 2 atom stereocenters. The number of alkyl halides is 3. The van der Waals surface area contributed by atoms with Gasteiger partial charge in [-0.15, -0.1) is 0 Å². The highest BCUT2D eigenvalue weighted by Crippen LogP contribution is 2.30. The Bertz CT molecular complexity index is 670. The number of rotatable bonds is 5. The number of aliphatic carboxylic acids is 1. The molecule has 0 saturated carbocycles. The molecule has 0 aromatic carbocycles. The van der Waals surface area contributed by atoms with E-state index in [1.54, 1.807) is 18.7 Å². The summed E-state index contributed by atoms with van der Waals surface area (Å²) in [5, 5.41) is 12.9. The van der Waals surface area contributed by atoms with E-state index in [-0.39, 0.29) is 18.4 Å². The Kier molecular flexibility index (Phi) is 5.43. The number of amides is 1. The van der Waals surface area contributed by atoms with Crippen LogP contribution in [0.15, 0.2) is 0 Å². The SMILES string of the molecule is Cc1nn(CC(F)(F)F)c(C)c1C(C)C(=O)N1CCCC1CC(=O)O. The predicted molar refractivity (Wildman–Crippen MR) is 83.2 cm³/mol. The minimum absolute atomic E-state index is 0.121. The quantitative estimate of drug-likeness (QED) is 0.875. The summed E-state index contributed by atoms with van der Waals surface area (Å²) in [4.78, 5) is 25.3. The zero-order chi connectivity index (χ0) is 18.9. The van der Waals surface area contributed by atoms with Crippen LogP contribution in [-0.2, 0) is 16.1 Å². The predicted octanol–water partition coefficient (Wildman–Crippen LogP) is 2.63. The van der Waals surface area contributed by atoms with Crippen molar-refractivity contribution < 1.29 is 27.9 Å². The largest absolute Gasteiger partial charge is 0.481 e. The lowest BCUT2D eigenvalue weighted by Crippen LogP contribution is -2.39. The molecule has 25 heavy (non-hydrogen) atoms. The standard InChI is InChI=1S/C16H22F3N3O3/c1-9(15(25)21-6-4-5-12(21)7-13(23)24)14-10(2)20-22(11(14)3)8-16(17,18)19/h9,12H,4-8H2,1-3H3,(H,23,24). The summed E-state index contributed by atoms with van der Waals surface area (Å²) in [5.41, 5.74) is 1.18. The Morgan fingerprint density at radius 1 is 1.36 bits per heavy atom. The summed E-state index contributed by atoms with van der Waals surface area (Å²) in [7, 11) is 0. The third-order valence-corrected chi connectivity index (χ3v) is 4.64. The Morgan fingerprint density at radius 3 is 2.56 bits per heavy atom. The lowest BCUT2D eigenvalue weighted by molar-refractivity contribution is -0.143. The first kappa shape index (κ1) is 19.3. The third kappa shape index (κ3) is 4.32. The number of likely N-dealkylation sites (tertiary alicyclic amines) is 1. The Morgan fingerprint density at radius 2 is 2.00 bits per heavy atom. The van der Waals surface area contributed by atoms with Crippen LogP contribution < -0.4 is 0 Å². The number of halogens is 3. The molecule has 1 saturated heterocycles.